The van der Waals surface area contributed by atoms with Crippen LogP contribution >= 0.6 is 0 Å². The molecular formula is C13H17NO4. The van der Waals surface area contributed by atoms with Gasteiger partial charge in [-0.1, -0.05) is 0 Å². The second-order valence-electron chi connectivity index (χ2n) is 4.36. The molecule has 2 rings (SSSR count). The number of rotatable bonds is 3. The predicted octanol–water partition coefficient (Wildman–Crippen LogP) is 1.11. The number of β-amino-alcohol motifs (C(OH)–C–C–N with tert-alkyl or cyclic N) is 1. The molecule has 1 aromatic rings. The van der Waals surface area contributed by atoms with E-state index in [1.165, 1.54) is 0 Å². The van der Waals surface area contributed by atoms with Crippen LogP contribution in [-0.4, -0.2) is 37.9 Å². The van der Waals surface area contributed by atoms with Crippen molar-refractivity contribution in [1.82, 2.24) is 0 Å². The lowest BCUT2D eigenvalue weighted by molar-refractivity contribution is -0.117. The lowest BCUT2D eigenvalue weighted by Crippen LogP contribution is -2.26. The first-order chi connectivity index (χ1) is 8.56. The summed E-state index contributed by atoms with van der Waals surface area (Å²) in [6.07, 6.45) is -0.418. The minimum absolute atomic E-state index is 0.0715. The Morgan fingerprint density at radius 2 is 1.89 bits per heavy atom. The fourth-order valence-corrected chi connectivity index (χ4v) is 2.18. The molecule has 1 heterocycles. The van der Waals surface area contributed by atoms with Crippen molar-refractivity contribution in [3.05, 3.63) is 17.7 Å². The molecule has 1 atom stereocenters. The van der Waals surface area contributed by atoms with Crippen LogP contribution in [0.1, 0.15) is 12.0 Å². The molecule has 1 amide bonds. The monoisotopic (exact) mass is 251 g/mol. The van der Waals surface area contributed by atoms with E-state index in [-0.39, 0.29) is 12.3 Å². The highest BCUT2D eigenvalue weighted by atomic mass is 16.5. The number of aliphatic hydroxyl groups excluding tert-OH is 1. The molecule has 1 aromatic carbocycles. The maximum atomic E-state index is 11.8. The fraction of sp³-hybridized carbons (Fsp3) is 0.462. The molecule has 5 nitrogen and oxygen atoms in total. The topological polar surface area (TPSA) is 59.0 Å². The summed E-state index contributed by atoms with van der Waals surface area (Å²) < 4.78 is 10.4. The van der Waals surface area contributed by atoms with Crippen LogP contribution in [0.4, 0.5) is 5.69 Å². The van der Waals surface area contributed by atoms with Gasteiger partial charge in [-0.25, -0.2) is 0 Å². The van der Waals surface area contributed by atoms with E-state index in [4.69, 9.17) is 9.47 Å². The molecule has 1 unspecified atom stereocenters. The number of hydrogen-bond donors (Lipinski definition) is 1. The van der Waals surface area contributed by atoms with Crippen molar-refractivity contribution in [3.63, 3.8) is 0 Å². The highest BCUT2D eigenvalue weighted by molar-refractivity contribution is 5.97. The van der Waals surface area contributed by atoms with Crippen LogP contribution in [0.2, 0.25) is 0 Å². The Bertz CT molecular complexity index is 472. The third kappa shape index (κ3) is 2.13. The molecule has 1 aliphatic rings. The van der Waals surface area contributed by atoms with Crippen LogP contribution in [0.15, 0.2) is 12.1 Å². The number of carbonyl (C=O) groups excluding carboxylic acids is 1. The molecular weight excluding hydrogens is 234 g/mol. The average Bonchev–Trinajstić information content (AvgIpc) is 2.68. The predicted molar refractivity (Wildman–Crippen MR) is 67.3 cm³/mol. The van der Waals surface area contributed by atoms with Crippen molar-refractivity contribution < 1.29 is 19.4 Å². The lowest BCUT2D eigenvalue weighted by atomic mass is 10.1. The summed E-state index contributed by atoms with van der Waals surface area (Å²) in [5.74, 6) is 1.14. The van der Waals surface area contributed by atoms with Crippen molar-refractivity contribution in [1.29, 1.82) is 0 Å². The highest BCUT2D eigenvalue weighted by Crippen LogP contribution is 2.36. The minimum atomic E-state index is -0.593. The first-order valence-corrected chi connectivity index (χ1v) is 5.78. The van der Waals surface area contributed by atoms with E-state index in [9.17, 15) is 9.90 Å². The van der Waals surface area contributed by atoms with E-state index in [1.807, 2.05) is 13.0 Å². The normalized spacial score (nSPS) is 19.2. The van der Waals surface area contributed by atoms with Gasteiger partial charge in [0.2, 0.25) is 5.91 Å². The van der Waals surface area contributed by atoms with Gasteiger partial charge in [-0.3, -0.25) is 4.79 Å². The number of benzene rings is 1. The zero-order valence-corrected chi connectivity index (χ0v) is 10.8. The Balaban J connectivity index is 2.42. The second kappa shape index (κ2) is 4.86. The van der Waals surface area contributed by atoms with Crippen LogP contribution in [0.3, 0.4) is 0 Å². The van der Waals surface area contributed by atoms with Crippen molar-refractivity contribution >= 4 is 11.6 Å². The molecule has 0 spiro atoms. The van der Waals surface area contributed by atoms with Gasteiger partial charge >= 0.3 is 0 Å². The molecule has 1 fully saturated rings. The van der Waals surface area contributed by atoms with E-state index in [0.29, 0.717) is 18.0 Å². The number of nitrogens with zero attached hydrogens (tertiary/aromatic N) is 1. The summed E-state index contributed by atoms with van der Waals surface area (Å²) in [5.41, 5.74) is 1.67. The third-order valence-electron chi connectivity index (χ3n) is 3.10. The summed E-state index contributed by atoms with van der Waals surface area (Å²) in [6.45, 7) is 2.23. The zero-order chi connectivity index (χ0) is 13.3. The number of ether oxygens (including phenoxy) is 2. The molecule has 0 radical (unpaired) electrons. The maximum absolute atomic E-state index is 11.8. The Labute approximate surface area is 106 Å². The van der Waals surface area contributed by atoms with Gasteiger partial charge in [-0.15, -0.1) is 0 Å². The summed E-state index contributed by atoms with van der Waals surface area (Å²) in [5, 5.41) is 9.53. The Morgan fingerprint density at radius 1 is 1.28 bits per heavy atom. The van der Waals surface area contributed by atoms with Gasteiger partial charge in [0.1, 0.15) is 0 Å². The average molecular weight is 251 g/mol. The first kappa shape index (κ1) is 12.7. The fourth-order valence-electron chi connectivity index (χ4n) is 2.18. The lowest BCUT2D eigenvalue weighted by Gasteiger charge is -2.20. The standard InChI is InChI=1S/C13H17NO4/c1-8-4-11(17-2)12(18-3)6-10(8)14-7-9(15)5-13(14)16/h4,6,9,15H,5,7H2,1-3H3. The SMILES string of the molecule is COc1cc(C)c(N2CC(O)CC2=O)cc1OC. The number of aliphatic hydroxyl groups is 1. The largest absolute Gasteiger partial charge is 0.493 e. The molecule has 0 bridgehead atoms. The smallest absolute Gasteiger partial charge is 0.229 e. The molecule has 5 heteroatoms. The van der Waals surface area contributed by atoms with Crippen LogP contribution in [0, 0.1) is 6.92 Å². The molecule has 1 N–H and O–H groups in total. The van der Waals surface area contributed by atoms with Crippen molar-refractivity contribution in [2.24, 2.45) is 0 Å². The van der Waals surface area contributed by atoms with Crippen LogP contribution in [-0.2, 0) is 4.79 Å². The summed E-state index contributed by atoms with van der Waals surface area (Å²) in [4.78, 5) is 13.4. The van der Waals surface area contributed by atoms with Crippen molar-refractivity contribution in [3.8, 4) is 11.5 Å². The van der Waals surface area contributed by atoms with Gasteiger partial charge in [0.05, 0.1) is 39.0 Å². The van der Waals surface area contributed by atoms with Gasteiger partial charge in [-0.2, -0.15) is 0 Å². The van der Waals surface area contributed by atoms with E-state index in [2.05, 4.69) is 0 Å². The molecule has 1 saturated heterocycles. The molecule has 1 aliphatic heterocycles. The van der Waals surface area contributed by atoms with Gasteiger partial charge in [0.25, 0.3) is 0 Å². The number of hydrogen-bond acceptors (Lipinski definition) is 4. The molecule has 18 heavy (non-hydrogen) atoms. The second-order valence-corrected chi connectivity index (χ2v) is 4.36. The third-order valence-corrected chi connectivity index (χ3v) is 3.10. The number of aryl methyl sites for hydroxylation is 1. The van der Waals surface area contributed by atoms with E-state index in [0.717, 1.165) is 11.3 Å². The molecule has 98 valence electrons. The van der Waals surface area contributed by atoms with Gasteiger partial charge in [0, 0.05) is 6.07 Å². The molecule has 0 saturated carbocycles. The van der Waals surface area contributed by atoms with Crippen LogP contribution in [0.25, 0.3) is 0 Å². The number of amides is 1. The van der Waals surface area contributed by atoms with Gasteiger partial charge in [0.15, 0.2) is 11.5 Å². The van der Waals surface area contributed by atoms with Crippen molar-refractivity contribution in [2.75, 3.05) is 25.7 Å². The molecule has 0 aromatic heterocycles. The summed E-state index contributed by atoms with van der Waals surface area (Å²) >= 11 is 0. The Kier molecular flexibility index (Phi) is 3.43. The van der Waals surface area contributed by atoms with Crippen LogP contribution < -0.4 is 14.4 Å². The van der Waals surface area contributed by atoms with E-state index < -0.39 is 6.10 Å². The van der Waals surface area contributed by atoms with Crippen molar-refractivity contribution in [2.45, 2.75) is 19.4 Å². The zero-order valence-electron chi connectivity index (χ0n) is 10.8. The first-order valence-electron chi connectivity index (χ1n) is 5.78. The summed E-state index contributed by atoms with van der Waals surface area (Å²) in [7, 11) is 3.12. The van der Waals surface area contributed by atoms with E-state index >= 15 is 0 Å². The van der Waals surface area contributed by atoms with E-state index in [1.54, 1.807) is 25.2 Å². The Morgan fingerprint density at radius 3 is 2.39 bits per heavy atom. The summed E-state index contributed by atoms with van der Waals surface area (Å²) in [6, 6.07) is 3.59. The maximum Gasteiger partial charge on any atom is 0.229 e. The van der Waals surface area contributed by atoms with Crippen LogP contribution in [0.5, 0.6) is 11.5 Å². The minimum Gasteiger partial charge on any atom is -0.493 e. The number of carbonyl (C=O) groups is 1. The number of methoxy groups -OCH3 is 2. The quantitative estimate of drug-likeness (QED) is 0.874. The van der Waals surface area contributed by atoms with Gasteiger partial charge in [-0.05, 0) is 18.6 Å². The highest BCUT2D eigenvalue weighted by Gasteiger charge is 2.30. The molecule has 0 aliphatic carbocycles. The number of anilines is 1. The van der Waals surface area contributed by atoms with Gasteiger partial charge < -0.3 is 19.5 Å². The Hall–Kier alpha value is -1.75.